The van der Waals surface area contributed by atoms with Gasteiger partial charge in [-0.3, -0.25) is 9.59 Å². The van der Waals surface area contributed by atoms with E-state index in [0.717, 1.165) is 18.8 Å². The number of carbonyl (C=O) groups excluding carboxylic acids is 2. The van der Waals surface area contributed by atoms with Crippen LogP contribution in [0, 0.1) is 0 Å². The third kappa shape index (κ3) is 5.35. The van der Waals surface area contributed by atoms with E-state index in [0.29, 0.717) is 25.2 Å². The third-order valence-electron chi connectivity index (χ3n) is 4.87. The number of hydrogen-bond donors (Lipinski definition) is 1. The summed E-state index contributed by atoms with van der Waals surface area (Å²) in [4.78, 5) is 28.1. The molecule has 2 amide bonds. The topological polar surface area (TPSA) is 86.8 Å². The molecule has 8 heteroatoms. The Bertz CT molecular complexity index is 951. The van der Waals surface area contributed by atoms with Crippen LogP contribution in [0.1, 0.15) is 13.3 Å². The zero-order chi connectivity index (χ0) is 20.9. The number of nitrogens with one attached hydrogen (secondary N) is 1. The molecular formula is C21H25N3O4S. The van der Waals surface area contributed by atoms with Crippen molar-refractivity contribution in [2.75, 3.05) is 42.1 Å². The molecular weight excluding hydrogens is 390 g/mol. The minimum atomic E-state index is -3.67. The predicted molar refractivity (Wildman–Crippen MR) is 113 cm³/mol. The SMILES string of the molecule is CCC(=O)N1CCN(c2ccc(NC(=O)CS(=O)(=O)c3ccccc3)cc2)CC1. The second kappa shape index (κ2) is 9.09. The monoisotopic (exact) mass is 415 g/mol. The highest BCUT2D eigenvalue weighted by molar-refractivity contribution is 7.92. The summed E-state index contributed by atoms with van der Waals surface area (Å²) in [6, 6.07) is 15.2. The molecule has 0 bridgehead atoms. The number of carbonyl (C=O) groups is 2. The number of hydrogen-bond acceptors (Lipinski definition) is 5. The Morgan fingerprint density at radius 1 is 0.931 bits per heavy atom. The molecule has 0 radical (unpaired) electrons. The molecule has 0 aliphatic carbocycles. The number of nitrogens with zero attached hydrogens (tertiary/aromatic N) is 2. The van der Waals surface area contributed by atoms with Gasteiger partial charge < -0.3 is 15.1 Å². The summed E-state index contributed by atoms with van der Waals surface area (Å²) >= 11 is 0. The van der Waals surface area contributed by atoms with Crippen LogP contribution in [0.25, 0.3) is 0 Å². The molecule has 154 valence electrons. The number of rotatable bonds is 6. The van der Waals surface area contributed by atoms with Crippen LogP contribution in [0.5, 0.6) is 0 Å². The van der Waals surface area contributed by atoms with Gasteiger partial charge in [-0.15, -0.1) is 0 Å². The maximum absolute atomic E-state index is 12.3. The van der Waals surface area contributed by atoms with E-state index in [1.807, 2.05) is 24.0 Å². The van der Waals surface area contributed by atoms with Crippen LogP contribution >= 0.6 is 0 Å². The first-order chi connectivity index (χ1) is 13.9. The van der Waals surface area contributed by atoms with Gasteiger partial charge in [-0.05, 0) is 36.4 Å². The number of anilines is 2. The van der Waals surface area contributed by atoms with E-state index in [2.05, 4.69) is 10.2 Å². The molecule has 0 atom stereocenters. The zero-order valence-corrected chi connectivity index (χ0v) is 17.2. The third-order valence-corrected chi connectivity index (χ3v) is 6.51. The molecule has 1 fully saturated rings. The average Bonchev–Trinajstić information content (AvgIpc) is 2.74. The molecule has 0 unspecified atom stereocenters. The van der Waals surface area contributed by atoms with Crippen LogP contribution in [0.3, 0.4) is 0 Å². The van der Waals surface area contributed by atoms with Crippen molar-refractivity contribution in [2.45, 2.75) is 18.2 Å². The number of benzene rings is 2. The summed E-state index contributed by atoms with van der Waals surface area (Å²) in [5.41, 5.74) is 1.55. The van der Waals surface area contributed by atoms with E-state index in [1.54, 1.807) is 30.3 Å². The van der Waals surface area contributed by atoms with Crippen molar-refractivity contribution in [3.8, 4) is 0 Å². The maximum Gasteiger partial charge on any atom is 0.239 e. The quantitative estimate of drug-likeness (QED) is 0.781. The second-order valence-electron chi connectivity index (χ2n) is 6.89. The van der Waals surface area contributed by atoms with Crippen LogP contribution in [0.2, 0.25) is 0 Å². The summed E-state index contributed by atoms with van der Waals surface area (Å²) in [5, 5.41) is 2.64. The van der Waals surface area contributed by atoms with Crippen LogP contribution in [-0.4, -0.2) is 57.1 Å². The number of sulfone groups is 1. The van der Waals surface area contributed by atoms with E-state index in [4.69, 9.17) is 0 Å². The molecule has 0 spiro atoms. The molecule has 0 aromatic heterocycles. The van der Waals surface area contributed by atoms with Crippen molar-refractivity contribution in [1.29, 1.82) is 0 Å². The first-order valence-corrected chi connectivity index (χ1v) is 11.2. The Balaban J connectivity index is 1.56. The molecule has 1 saturated heterocycles. The van der Waals surface area contributed by atoms with Gasteiger partial charge in [0.1, 0.15) is 5.75 Å². The summed E-state index contributed by atoms with van der Waals surface area (Å²) in [6.07, 6.45) is 0.522. The van der Waals surface area contributed by atoms with Crippen LogP contribution in [-0.2, 0) is 19.4 Å². The smallest absolute Gasteiger partial charge is 0.239 e. The molecule has 1 aliphatic rings. The Labute approximate surface area is 171 Å². The lowest BCUT2D eigenvalue weighted by atomic mass is 10.2. The lowest BCUT2D eigenvalue weighted by molar-refractivity contribution is -0.131. The molecule has 1 aliphatic heterocycles. The minimum absolute atomic E-state index is 0.131. The molecule has 29 heavy (non-hydrogen) atoms. The minimum Gasteiger partial charge on any atom is -0.368 e. The molecule has 2 aromatic rings. The fraction of sp³-hybridized carbons (Fsp3) is 0.333. The van der Waals surface area contributed by atoms with E-state index >= 15 is 0 Å². The van der Waals surface area contributed by atoms with Gasteiger partial charge in [0.25, 0.3) is 0 Å². The largest absolute Gasteiger partial charge is 0.368 e. The lowest BCUT2D eigenvalue weighted by Gasteiger charge is -2.36. The Hall–Kier alpha value is -2.87. The van der Waals surface area contributed by atoms with Gasteiger partial charge in [-0.2, -0.15) is 0 Å². The zero-order valence-electron chi connectivity index (χ0n) is 16.4. The highest BCUT2D eigenvalue weighted by atomic mass is 32.2. The first kappa shape index (κ1) is 20.9. The van der Waals surface area contributed by atoms with Gasteiger partial charge in [0.15, 0.2) is 9.84 Å². The Morgan fingerprint density at radius 2 is 1.55 bits per heavy atom. The second-order valence-corrected chi connectivity index (χ2v) is 8.88. The maximum atomic E-state index is 12.3. The lowest BCUT2D eigenvalue weighted by Crippen LogP contribution is -2.48. The Kier molecular flexibility index (Phi) is 6.53. The summed E-state index contributed by atoms with van der Waals surface area (Å²) in [5.74, 6) is -1.01. The molecule has 1 N–H and O–H groups in total. The van der Waals surface area contributed by atoms with Crippen molar-refractivity contribution in [3.63, 3.8) is 0 Å². The molecule has 7 nitrogen and oxygen atoms in total. The van der Waals surface area contributed by atoms with Crippen molar-refractivity contribution in [1.82, 2.24) is 4.90 Å². The summed E-state index contributed by atoms with van der Waals surface area (Å²) in [6.45, 7) is 4.78. The predicted octanol–water partition coefficient (Wildman–Crippen LogP) is 2.16. The van der Waals surface area contributed by atoms with Crippen molar-refractivity contribution < 1.29 is 18.0 Å². The fourth-order valence-electron chi connectivity index (χ4n) is 3.27. The van der Waals surface area contributed by atoms with Crippen LogP contribution < -0.4 is 10.2 Å². The molecule has 0 saturated carbocycles. The van der Waals surface area contributed by atoms with Gasteiger partial charge in [-0.1, -0.05) is 25.1 Å². The molecule has 3 rings (SSSR count). The van der Waals surface area contributed by atoms with E-state index in [-0.39, 0.29) is 10.8 Å². The first-order valence-electron chi connectivity index (χ1n) is 9.59. The van der Waals surface area contributed by atoms with Gasteiger partial charge >= 0.3 is 0 Å². The van der Waals surface area contributed by atoms with Gasteiger partial charge in [0.2, 0.25) is 11.8 Å². The summed E-state index contributed by atoms with van der Waals surface area (Å²) < 4.78 is 24.6. The van der Waals surface area contributed by atoms with Crippen LogP contribution in [0.4, 0.5) is 11.4 Å². The Morgan fingerprint density at radius 3 is 2.14 bits per heavy atom. The molecule has 1 heterocycles. The van der Waals surface area contributed by atoms with Gasteiger partial charge in [0, 0.05) is 44.0 Å². The number of piperazine rings is 1. The van der Waals surface area contributed by atoms with Crippen LogP contribution in [0.15, 0.2) is 59.5 Å². The van der Waals surface area contributed by atoms with Gasteiger partial charge in [0.05, 0.1) is 4.90 Å². The van der Waals surface area contributed by atoms with Crippen molar-refractivity contribution in [3.05, 3.63) is 54.6 Å². The average molecular weight is 416 g/mol. The van der Waals surface area contributed by atoms with Crippen molar-refractivity contribution >= 4 is 33.0 Å². The fourth-order valence-corrected chi connectivity index (χ4v) is 4.43. The standard InChI is InChI=1S/C21H25N3O4S/c1-2-21(26)24-14-12-23(13-15-24)18-10-8-17(9-11-18)22-20(25)16-29(27,28)19-6-4-3-5-7-19/h3-11H,2,12-16H2,1H3,(H,22,25). The summed E-state index contributed by atoms with van der Waals surface area (Å²) in [7, 11) is -3.67. The van der Waals surface area contributed by atoms with E-state index < -0.39 is 21.5 Å². The highest BCUT2D eigenvalue weighted by Crippen LogP contribution is 2.20. The van der Waals surface area contributed by atoms with E-state index in [1.165, 1.54) is 12.1 Å². The molecule has 2 aromatic carbocycles. The highest BCUT2D eigenvalue weighted by Gasteiger charge is 2.21. The van der Waals surface area contributed by atoms with Crippen molar-refractivity contribution in [2.24, 2.45) is 0 Å². The van der Waals surface area contributed by atoms with Gasteiger partial charge in [-0.25, -0.2) is 8.42 Å². The number of amides is 2. The van der Waals surface area contributed by atoms with E-state index in [9.17, 15) is 18.0 Å². The normalized spacial score (nSPS) is 14.5.